The molecule has 0 aliphatic heterocycles. The second-order valence-corrected chi connectivity index (χ2v) is 8.31. The molecule has 1 heterocycles. The fourth-order valence-electron chi connectivity index (χ4n) is 2.91. The third-order valence-corrected chi connectivity index (χ3v) is 5.71. The van der Waals surface area contributed by atoms with Crippen molar-refractivity contribution in [2.75, 3.05) is 10.0 Å². The zero-order valence-electron chi connectivity index (χ0n) is 16.0. The molecule has 0 aliphatic carbocycles. The zero-order chi connectivity index (χ0) is 22.2. The number of rotatable bonds is 5. The van der Waals surface area contributed by atoms with Crippen molar-refractivity contribution in [1.29, 1.82) is 0 Å². The van der Waals surface area contributed by atoms with Gasteiger partial charge in [0.1, 0.15) is 5.52 Å². The smallest absolute Gasteiger partial charge is 0.261 e. The highest BCUT2D eigenvalue weighted by molar-refractivity contribution is 7.92. The minimum atomic E-state index is -4.18. The Kier molecular flexibility index (Phi) is 5.15. The van der Waals surface area contributed by atoms with E-state index in [0.29, 0.717) is 28.7 Å². The first-order valence-corrected chi connectivity index (χ1v) is 10.5. The summed E-state index contributed by atoms with van der Waals surface area (Å²) in [4.78, 5) is 16.4. The minimum Gasteiger partial charge on any atom is -0.441 e. The zero-order valence-corrected chi connectivity index (χ0v) is 16.8. The molecule has 0 saturated heterocycles. The van der Waals surface area contributed by atoms with Crippen LogP contribution < -0.4 is 10.0 Å². The highest BCUT2D eigenvalue weighted by Gasteiger charge is 2.17. The van der Waals surface area contributed by atoms with Crippen molar-refractivity contribution in [2.24, 2.45) is 0 Å². The molecule has 0 fully saturated rings. The van der Waals surface area contributed by atoms with Crippen molar-refractivity contribution in [2.45, 2.75) is 11.8 Å². The molecule has 1 aromatic heterocycles. The number of carbonyl (C=O) groups excluding carboxylic acids is 1. The van der Waals surface area contributed by atoms with Crippen LogP contribution in [0.3, 0.4) is 0 Å². The van der Waals surface area contributed by atoms with Gasteiger partial charge in [0.05, 0.1) is 4.90 Å². The van der Waals surface area contributed by atoms with E-state index < -0.39 is 32.5 Å². The van der Waals surface area contributed by atoms with Crippen LogP contribution in [0.1, 0.15) is 16.2 Å². The van der Waals surface area contributed by atoms with E-state index in [1.54, 1.807) is 25.1 Å². The molecular weight excluding hydrogens is 428 g/mol. The van der Waals surface area contributed by atoms with E-state index in [1.807, 2.05) is 0 Å². The van der Waals surface area contributed by atoms with Gasteiger partial charge in [0, 0.05) is 23.9 Å². The lowest BCUT2D eigenvalue weighted by molar-refractivity contribution is 0.102. The van der Waals surface area contributed by atoms with Gasteiger partial charge in [0.25, 0.3) is 15.9 Å². The number of sulfonamides is 1. The summed E-state index contributed by atoms with van der Waals surface area (Å²) in [6.07, 6.45) is 0. The van der Waals surface area contributed by atoms with Crippen molar-refractivity contribution in [3.8, 4) is 0 Å². The van der Waals surface area contributed by atoms with Crippen LogP contribution in [0.2, 0.25) is 0 Å². The summed E-state index contributed by atoms with van der Waals surface area (Å²) in [7, 11) is -4.18. The fraction of sp³-hybridized carbons (Fsp3) is 0.0476. The first-order valence-electron chi connectivity index (χ1n) is 8.98. The number of aryl methyl sites for hydroxylation is 1. The van der Waals surface area contributed by atoms with Crippen LogP contribution in [0, 0.1) is 18.6 Å². The lowest BCUT2D eigenvalue weighted by atomic mass is 10.2. The maximum absolute atomic E-state index is 13.4. The number of hydrogen-bond acceptors (Lipinski definition) is 5. The summed E-state index contributed by atoms with van der Waals surface area (Å²) in [6.45, 7) is 1.71. The minimum absolute atomic E-state index is 0.0833. The summed E-state index contributed by atoms with van der Waals surface area (Å²) in [6, 6.07) is 13.0. The number of fused-ring (bicyclic) bond motifs is 1. The Morgan fingerprint density at radius 1 is 0.968 bits per heavy atom. The highest BCUT2D eigenvalue weighted by atomic mass is 32.2. The van der Waals surface area contributed by atoms with E-state index >= 15 is 0 Å². The normalized spacial score (nSPS) is 11.5. The number of hydrogen-bond donors (Lipinski definition) is 2. The van der Waals surface area contributed by atoms with Crippen LogP contribution in [0.25, 0.3) is 11.1 Å². The number of amides is 1. The number of nitrogens with zero attached hydrogens (tertiary/aromatic N) is 1. The van der Waals surface area contributed by atoms with Gasteiger partial charge in [-0.1, -0.05) is 6.07 Å². The molecule has 2 N–H and O–H groups in total. The van der Waals surface area contributed by atoms with E-state index in [1.165, 1.54) is 24.3 Å². The van der Waals surface area contributed by atoms with Crippen LogP contribution in [0.15, 0.2) is 70.0 Å². The third-order valence-electron chi connectivity index (χ3n) is 4.33. The Morgan fingerprint density at radius 2 is 1.77 bits per heavy atom. The second kappa shape index (κ2) is 7.80. The van der Waals surface area contributed by atoms with E-state index in [-0.39, 0.29) is 11.3 Å². The quantitative estimate of drug-likeness (QED) is 0.474. The monoisotopic (exact) mass is 443 g/mol. The molecule has 158 valence electrons. The summed E-state index contributed by atoms with van der Waals surface area (Å²) < 4.78 is 59.0. The maximum Gasteiger partial charge on any atom is 0.261 e. The molecule has 0 spiro atoms. The summed E-state index contributed by atoms with van der Waals surface area (Å²) in [5, 5.41) is 2.71. The molecular formula is C21H15F2N3O4S. The van der Waals surface area contributed by atoms with E-state index in [9.17, 15) is 22.0 Å². The van der Waals surface area contributed by atoms with E-state index in [0.717, 1.165) is 12.1 Å². The van der Waals surface area contributed by atoms with Crippen molar-refractivity contribution in [3.63, 3.8) is 0 Å². The van der Waals surface area contributed by atoms with Gasteiger partial charge in [-0.3, -0.25) is 9.52 Å². The number of benzene rings is 3. The number of aromatic nitrogens is 1. The predicted molar refractivity (Wildman–Crippen MR) is 110 cm³/mol. The number of oxazole rings is 1. The van der Waals surface area contributed by atoms with Gasteiger partial charge < -0.3 is 9.73 Å². The Morgan fingerprint density at radius 3 is 2.55 bits per heavy atom. The van der Waals surface area contributed by atoms with Gasteiger partial charge in [-0.25, -0.2) is 22.2 Å². The Labute approximate surface area is 175 Å². The molecule has 4 aromatic rings. The molecule has 3 aromatic carbocycles. The van der Waals surface area contributed by atoms with Crippen LogP contribution in [-0.4, -0.2) is 19.3 Å². The lowest BCUT2D eigenvalue weighted by Gasteiger charge is -2.10. The van der Waals surface area contributed by atoms with Gasteiger partial charge in [-0.15, -0.1) is 0 Å². The average Bonchev–Trinajstić information content (AvgIpc) is 3.09. The van der Waals surface area contributed by atoms with Gasteiger partial charge in [-0.05, 0) is 54.6 Å². The molecule has 0 radical (unpaired) electrons. The molecule has 7 nitrogen and oxygen atoms in total. The third kappa shape index (κ3) is 4.38. The van der Waals surface area contributed by atoms with Crippen LogP contribution >= 0.6 is 0 Å². The largest absolute Gasteiger partial charge is 0.441 e. The molecule has 0 bridgehead atoms. The first kappa shape index (κ1) is 20.5. The topological polar surface area (TPSA) is 101 Å². The van der Waals surface area contributed by atoms with E-state index in [2.05, 4.69) is 15.0 Å². The molecule has 31 heavy (non-hydrogen) atoms. The van der Waals surface area contributed by atoms with Crippen molar-refractivity contribution in [1.82, 2.24) is 4.98 Å². The van der Waals surface area contributed by atoms with Crippen molar-refractivity contribution in [3.05, 3.63) is 83.8 Å². The van der Waals surface area contributed by atoms with Gasteiger partial charge in [-0.2, -0.15) is 0 Å². The number of nitrogens with one attached hydrogen (secondary N) is 2. The Hall–Kier alpha value is -3.79. The Balaban J connectivity index is 1.54. The molecule has 1 amide bonds. The number of anilines is 2. The number of carbonyl (C=O) groups is 1. The molecule has 0 atom stereocenters. The maximum atomic E-state index is 13.4. The second-order valence-electron chi connectivity index (χ2n) is 6.63. The summed E-state index contributed by atoms with van der Waals surface area (Å²) in [5.74, 6) is -2.42. The Bertz CT molecular complexity index is 1420. The van der Waals surface area contributed by atoms with E-state index in [4.69, 9.17) is 4.42 Å². The average molecular weight is 443 g/mol. The first-order chi connectivity index (χ1) is 14.7. The predicted octanol–water partition coefficient (Wildman–Crippen LogP) is 4.47. The highest BCUT2D eigenvalue weighted by Crippen LogP contribution is 2.22. The fourth-order valence-corrected chi connectivity index (χ4v) is 3.97. The standard InChI is InChI=1S/C21H15F2N3O4S/c1-12-24-19-10-14(5-8-20(19)30-12)25-21(27)13-3-2-4-15(9-13)26-31(28,29)16-6-7-17(22)18(23)11-16/h2-11,26H,1H3,(H,25,27). The van der Waals surface area contributed by atoms with Crippen LogP contribution in [-0.2, 0) is 10.0 Å². The van der Waals surface area contributed by atoms with Gasteiger partial charge >= 0.3 is 0 Å². The summed E-state index contributed by atoms with van der Waals surface area (Å²) >= 11 is 0. The summed E-state index contributed by atoms with van der Waals surface area (Å²) in [5.41, 5.74) is 1.92. The van der Waals surface area contributed by atoms with Crippen molar-refractivity contribution < 1.29 is 26.4 Å². The van der Waals surface area contributed by atoms with Crippen LogP contribution in [0.4, 0.5) is 20.2 Å². The van der Waals surface area contributed by atoms with Crippen molar-refractivity contribution >= 4 is 38.4 Å². The molecule has 4 rings (SSSR count). The molecule has 0 unspecified atom stereocenters. The molecule has 10 heteroatoms. The SMILES string of the molecule is Cc1nc2cc(NC(=O)c3cccc(NS(=O)(=O)c4ccc(F)c(F)c4)c3)ccc2o1. The lowest BCUT2D eigenvalue weighted by Crippen LogP contribution is -2.15. The van der Waals surface area contributed by atoms with Gasteiger partial charge in [0.2, 0.25) is 0 Å². The molecule has 0 saturated carbocycles. The van der Waals surface area contributed by atoms with Gasteiger partial charge in [0.15, 0.2) is 23.1 Å². The van der Waals surface area contributed by atoms with Crippen LogP contribution in [0.5, 0.6) is 0 Å². The number of halogens is 2. The molecule has 0 aliphatic rings.